The van der Waals surface area contributed by atoms with Crippen LogP contribution in [0.1, 0.15) is 55.8 Å². The molecule has 0 bridgehead atoms. The van der Waals surface area contributed by atoms with E-state index in [2.05, 4.69) is 31.1 Å². The zero-order chi connectivity index (χ0) is 13.5. The monoisotopic (exact) mass is 253 g/mol. The molecule has 1 aromatic rings. The van der Waals surface area contributed by atoms with Gasteiger partial charge in [-0.2, -0.15) is 0 Å². The molecule has 1 rings (SSSR count). The number of carbonyl (C=O) groups excluding carboxylic acids is 1. The van der Waals surface area contributed by atoms with E-state index in [1.54, 1.807) is 7.11 Å². The molecule has 0 amide bonds. The Labute approximate surface area is 109 Å². The van der Waals surface area contributed by atoms with Crippen molar-refractivity contribution in [1.82, 2.24) is 15.0 Å². The molecule has 0 saturated carbocycles. The highest BCUT2D eigenvalue weighted by Gasteiger charge is 2.16. The van der Waals surface area contributed by atoms with Crippen LogP contribution in [0.25, 0.3) is 0 Å². The summed E-state index contributed by atoms with van der Waals surface area (Å²) in [7, 11) is 1.69. The maximum absolute atomic E-state index is 11.0. The fourth-order valence-corrected chi connectivity index (χ4v) is 1.85. The molecule has 0 fully saturated rings. The molecule has 18 heavy (non-hydrogen) atoms. The van der Waals surface area contributed by atoms with Crippen LogP contribution in [0.3, 0.4) is 0 Å². The lowest BCUT2D eigenvalue weighted by Gasteiger charge is -2.15. The third-order valence-corrected chi connectivity index (χ3v) is 3.05. The standard InChI is InChI=1S/C13H23N3O2/c1-10(2)5-6-13-12(9-17)14-15-16(13)11(3)7-8-18-4/h9-11H,5-8H2,1-4H3. The maximum atomic E-state index is 11.0. The zero-order valence-electron chi connectivity index (χ0n) is 11.7. The fraction of sp³-hybridized carbons (Fsp3) is 0.769. The topological polar surface area (TPSA) is 57.0 Å². The molecule has 0 saturated heterocycles. The third kappa shape index (κ3) is 3.91. The second-order valence-electron chi connectivity index (χ2n) is 5.05. The summed E-state index contributed by atoms with van der Waals surface area (Å²) in [4.78, 5) is 11.0. The molecule has 1 heterocycles. The van der Waals surface area contributed by atoms with Gasteiger partial charge in [0.15, 0.2) is 6.29 Å². The Morgan fingerprint density at radius 3 is 2.61 bits per heavy atom. The first-order chi connectivity index (χ1) is 8.60. The van der Waals surface area contributed by atoms with Gasteiger partial charge < -0.3 is 4.74 Å². The Bertz CT molecular complexity index is 374. The first-order valence-electron chi connectivity index (χ1n) is 6.48. The van der Waals surface area contributed by atoms with E-state index in [4.69, 9.17) is 4.74 Å². The van der Waals surface area contributed by atoms with Crippen LogP contribution in [0, 0.1) is 5.92 Å². The number of ether oxygens (including phenoxy) is 1. The number of carbonyl (C=O) groups is 1. The minimum atomic E-state index is 0.202. The highest BCUT2D eigenvalue weighted by atomic mass is 16.5. The normalized spacial score (nSPS) is 12.9. The number of aromatic nitrogens is 3. The van der Waals surface area contributed by atoms with Crippen LogP contribution in [-0.2, 0) is 11.2 Å². The van der Waals surface area contributed by atoms with Gasteiger partial charge in [0.25, 0.3) is 0 Å². The average molecular weight is 253 g/mol. The largest absolute Gasteiger partial charge is 0.385 e. The number of aldehydes is 1. The summed E-state index contributed by atoms with van der Waals surface area (Å²) in [5, 5.41) is 8.04. The van der Waals surface area contributed by atoms with E-state index in [0.717, 1.165) is 31.2 Å². The summed E-state index contributed by atoms with van der Waals surface area (Å²) in [5.74, 6) is 0.599. The zero-order valence-corrected chi connectivity index (χ0v) is 11.7. The minimum absolute atomic E-state index is 0.202. The van der Waals surface area contributed by atoms with Gasteiger partial charge in [0.2, 0.25) is 0 Å². The Kier molecular flexibility index (Phi) is 5.98. The summed E-state index contributed by atoms with van der Waals surface area (Å²) in [6, 6.07) is 0.202. The van der Waals surface area contributed by atoms with Crippen LogP contribution in [0.15, 0.2) is 0 Å². The van der Waals surface area contributed by atoms with Gasteiger partial charge in [0, 0.05) is 13.7 Å². The molecule has 0 aliphatic heterocycles. The molecule has 0 aliphatic rings. The third-order valence-electron chi connectivity index (χ3n) is 3.05. The molecule has 5 heteroatoms. The average Bonchev–Trinajstić information content (AvgIpc) is 2.76. The highest BCUT2D eigenvalue weighted by Crippen LogP contribution is 2.17. The summed E-state index contributed by atoms with van der Waals surface area (Å²) in [6.07, 6.45) is 3.54. The predicted octanol–water partition coefficient (Wildman–Crippen LogP) is 2.28. The summed E-state index contributed by atoms with van der Waals surface area (Å²) in [5.41, 5.74) is 1.42. The first kappa shape index (κ1) is 14.8. The van der Waals surface area contributed by atoms with Gasteiger partial charge in [0.05, 0.1) is 11.7 Å². The molecule has 1 atom stereocenters. The van der Waals surface area contributed by atoms with Crippen molar-refractivity contribution >= 4 is 6.29 Å². The summed E-state index contributed by atoms with van der Waals surface area (Å²) < 4.78 is 6.94. The van der Waals surface area contributed by atoms with Crippen molar-refractivity contribution in [3.63, 3.8) is 0 Å². The molecule has 5 nitrogen and oxygen atoms in total. The molecule has 0 spiro atoms. The second kappa shape index (κ2) is 7.26. The Hall–Kier alpha value is -1.23. The highest BCUT2D eigenvalue weighted by molar-refractivity contribution is 5.73. The fourth-order valence-electron chi connectivity index (χ4n) is 1.85. The molecular weight excluding hydrogens is 230 g/mol. The van der Waals surface area contributed by atoms with Gasteiger partial charge >= 0.3 is 0 Å². The quantitative estimate of drug-likeness (QED) is 0.667. The lowest BCUT2D eigenvalue weighted by atomic mass is 10.0. The minimum Gasteiger partial charge on any atom is -0.385 e. The Balaban J connectivity index is 2.82. The van der Waals surface area contributed by atoms with Crippen molar-refractivity contribution in [3.05, 3.63) is 11.4 Å². The van der Waals surface area contributed by atoms with E-state index in [0.29, 0.717) is 18.2 Å². The second-order valence-corrected chi connectivity index (χ2v) is 5.05. The van der Waals surface area contributed by atoms with Crippen LogP contribution in [0.5, 0.6) is 0 Å². The van der Waals surface area contributed by atoms with Gasteiger partial charge in [-0.3, -0.25) is 4.79 Å². The van der Waals surface area contributed by atoms with Gasteiger partial charge in [-0.25, -0.2) is 4.68 Å². The lowest BCUT2D eigenvalue weighted by molar-refractivity contribution is 0.111. The number of hydrogen-bond donors (Lipinski definition) is 0. The molecular formula is C13H23N3O2. The summed E-state index contributed by atoms with van der Waals surface area (Å²) in [6.45, 7) is 7.09. The number of methoxy groups -OCH3 is 1. The molecule has 0 radical (unpaired) electrons. The lowest BCUT2D eigenvalue weighted by Crippen LogP contribution is -2.14. The Morgan fingerprint density at radius 2 is 2.06 bits per heavy atom. The van der Waals surface area contributed by atoms with Crippen molar-refractivity contribution in [1.29, 1.82) is 0 Å². The predicted molar refractivity (Wildman–Crippen MR) is 69.8 cm³/mol. The van der Waals surface area contributed by atoms with Crippen LogP contribution in [0.4, 0.5) is 0 Å². The number of hydrogen-bond acceptors (Lipinski definition) is 4. The number of nitrogens with zero attached hydrogens (tertiary/aromatic N) is 3. The van der Waals surface area contributed by atoms with Crippen molar-refractivity contribution in [2.24, 2.45) is 5.92 Å². The smallest absolute Gasteiger partial charge is 0.172 e. The van der Waals surface area contributed by atoms with E-state index < -0.39 is 0 Å². The maximum Gasteiger partial charge on any atom is 0.172 e. The number of rotatable bonds is 8. The molecule has 0 aromatic carbocycles. The van der Waals surface area contributed by atoms with Crippen LogP contribution in [-0.4, -0.2) is 35.0 Å². The van der Waals surface area contributed by atoms with Crippen LogP contribution < -0.4 is 0 Å². The molecule has 102 valence electrons. The van der Waals surface area contributed by atoms with Crippen molar-refractivity contribution in [3.8, 4) is 0 Å². The van der Waals surface area contributed by atoms with Crippen LogP contribution >= 0.6 is 0 Å². The van der Waals surface area contributed by atoms with Gasteiger partial charge in [-0.15, -0.1) is 5.10 Å². The van der Waals surface area contributed by atoms with Crippen LogP contribution in [0.2, 0.25) is 0 Å². The van der Waals surface area contributed by atoms with E-state index in [1.807, 2.05) is 4.68 Å². The van der Waals surface area contributed by atoms with Gasteiger partial charge in [0.1, 0.15) is 5.69 Å². The van der Waals surface area contributed by atoms with Gasteiger partial charge in [-0.1, -0.05) is 19.1 Å². The molecule has 0 aliphatic carbocycles. The van der Waals surface area contributed by atoms with E-state index in [9.17, 15) is 4.79 Å². The van der Waals surface area contributed by atoms with E-state index in [-0.39, 0.29) is 6.04 Å². The molecule has 0 N–H and O–H groups in total. The van der Waals surface area contributed by atoms with Crippen molar-refractivity contribution < 1.29 is 9.53 Å². The van der Waals surface area contributed by atoms with Crippen molar-refractivity contribution in [2.45, 2.75) is 46.1 Å². The molecule has 1 unspecified atom stereocenters. The Morgan fingerprint density at radius 1 is 1.33 bits per heavy atom. The molecule has 1 aromatic heterocycles. The van der Waals surface area contributed by atoms with Crippen molar-refractivity contribution in [2.75, 3.05) is 13.7 Å². The van der Waals surface area contributed by atoms with Gasteiger partial charge in [-0.05, 0) is 32.1 Å². The first-order valence-corrected chi connectivity index (χ1v) is 6.48. The SMILES string of the molecule is COCCC(C)n1nnc(C=O)c1CCC(C)C. The summed E-state index contributed by atoms with van der Waals surface area (Å²) >= 11 is 0. The van der Waals surface area contributed by atoms with E-state index >= 15 is 0 Å². The van der Waals surface area contributed by atoms with E-state index in [1.165, 1.54) is 0 Å².